The van der Waals surface area contributed by atoms with Crippen LogP contribution in [0.2, 0.25) is 0 Å². The fourth-order valence-electron chi connectivity index (χ4n) is 3.09. The molecule has 0 saturated heterocycles. The number of rotatable bonds is 3. The number of carbonyl (C=O) groups excluding carboxylic acids is 1. The molecule has 0 aromatic heterocycles. The van der Waals surface area contributed by atoms with E-state index in [1.54, 1.807) is 6.07 Å². The van der Waals surface area contributed by atoms with Crippen LogP contribution in [0.25, 0.3) is 0 Å². The molecule has 1 amide bonds. The molecule has 2 aromatic rings. The minimum absolute atomic E-state index is 0.101. The van der Waals surface area contributed by atoms with E-state index in [9.17, 15) is 14.9 Å². The lowest BCUT2D eigenvalue weighted by atomic mass is 9.89. The molecule has 0 saturated carbocycles. The zero-order valence-corrected chi connectivity index (χ0v) is 14.4. The molecule has 0 bridgehead atoms. The van der Waals surface area contributed by atoms with Crippen LogP contribution in [-0.2, 0) is 0 Å². The molecular weight excluding hydrogens is 320 g/mol. The van der Waals surface area contributed by atoms with Gasteiger partial charge in [0.2, 0.25) is 0 Å². The summed E-state index contributed by atoms with van der Waals surface area (Å²) in [4.78, 5) is 23.0. The highest BCUT2D eigenvalue weighted by atomic mass is 16.6. The molecule has 130 valence electrons. The standard InChI is InChI=1S/C19H20N2O4/c1-12-7-8-15-16(11-19(2,3)25-17(15)9-12)20-18(22)13-5-4-6-14(10-13)21(23)24/h4-10,16H,11H2,1-3H3,(H,20,22)/t16-/m1/s1. The van der Waals surface area contributed by atoms with Gasteiger partial charge in [0.05, 0.1) is 11.0 Å². The van der Waals surface area contributed by atoms with Crippen molar-refractivity contribution in [2.24, 2.45) is 0 Å². The van der Waals surface area contributed by atoms with Gasteiger partial charge >= 0.3 is 0 Å². The summed E-state index contributed by atoms with van der Waals surface area (Å²) in [5, 5.41) is 13.9. The van der Waals surface area contributed by atoms with Crippen LogP contribution in [0.5, 0.6) is 5.75 Å². The van der Waals surface area contributed by atoms with Crippen LogP contribution in [0.15, 0.2) is 42.5 Å². The number of nitrogens with zero attached hydrogens (tertiary/aromatic N) is 1. The summed E-state index contributed by atoms with van der Waals surface area (Å²) in [7, 11) is 0. The highest BCUT2D eigenvalue weighted by molar-refractivity contribution is 5.95. The molecule has 1 N–H and O–H groups in total. The average molecular weight is 340 g/mol. The van der Waals surface area contributed by atoms with E-state index in [0.717, 1.165) is 16.9 Å². The van der Waals surface area contributed by atoms with Crippen LogP contribution in [0, 0.1) is 17.0 Å². The van der Waals surface area contributed by atoms with E-state index < -0.39 is 10.5 Å². The van der Waals surface area contributed by atoms with Gasteiger partial charge in [0, 0.05) is 29.7 Å². The maximum absolute atomic E-state index is 12.6. The van der Waals surface area contributed by atoms with E-state index in [4.69, 9.17) is 4.74 Å². The molecule has 0 spiro atoms. The number of nitro benzene ring substituents is 1. The van der Waals surface area contributed by atoms with Gasteiger partial charge in [0.25, 0.3) is 11.6 Å². The van der Waals surface area contributed by atoms with Crippen molar-refractivity contribution >= 4 is 11.6 Å². The minimum Gasteiger partial charge on any atom is -0.487 e. The van der Waals surface area contributed by atoms with Gasteiger partial charge in [-0.2, -0.15) is 0 Å². The normalized spacial score (nSPS) is 18.0. The first-order chi connectivity index (χ1) is 11.7. The number of benzene rings is 2. The third kappa shape index (κ3) is 3.63. The fraction of sp³-hybridized carbons (Fsp3) is 0.316. The Labute approximate surface area is 146 Å². The summed E-state index contributed by atoms with van der Waals surface area (Å²) in [5.41, 5.74) is 1.76. The first-order valence-electron chi connectivity index (χ1n) is 8.10. The maximum Gasteiger partial charge on any atom is 0.270 e. The second kappa shape index (κ2) is 6.20. The Balaban J connectivity index is 1.88. The molecule has 1 heterocycles. The van der Waals surface area contributed by atoms with Crippen LogP contribution in [0.1, 0.15) is 47.8 Å². The predicted octanol–water partition coefficient (Wildman–Crippen LogP) is 3.94. The Hall–Kier alpha value is -2.89. The quantitative estimate of drug-likeness (QED) is 0.678. The van der Waals surface area contributed by atoms with Crippen molar-refractivity contribution in [1.29, 1.82) is 0 Å². The lowest BCUT2D eigenvalue weighted by Gasteiger charge is -2.38. The number of hydrogen-bond acceptors (Lipinski definition) is 4. The Bertz CT molecular complexity index is 845. The Morgan fingerprint density at radius 3 is 2.76 bits per heavy atom. The molecule has 2 aromatic carbocycles. The third-order valence-corrected chi connectivity index (χ3v) is 4.25. The molecule has 6 nitrogen and oxygen atoms in total. The van der Waals surface area contributed by atoms with Crippen LogP contribution < -0.4 is 10.1 Å². The summed E-state index contributed by atoms with van der Waals surface area (Å²) in [5.74, 6) is 0.429. The first kappa shape index (κ1) is 17.0. The second-order valence-corrected chi connectivity index (χ2v) is 6.94. The Kier molecular flexibility index (Phi) is 4.20. The number of hydrogen-bond donors (Lipinski definition) is 1. The summed E-state index contributed by atoms with van der Waals surface area (Å²) in [6, 6.07) is 11.4. The highest BCUT2D eigenvalue weighted by Crippen LogP contribution is 2.40. The Morgan fingerprint density at radius 2 is 2.04 bits per heavy atom. The van der Waals surface area contributed by atoms with Crippen LogP contribution in [-0.4, -0.2) is 16.4 Å². The number of carbonyl (C=O) groups is 1. The largest absolute Gasteiger partial charge is 0.487 e. The molecule has 0 unspecified atom stereocenters. The topological polar surface area (TPSA) is 81.5 Å². The summed E-state index contributed by atoms with van der Waals surface area (Å²) in [6.07, 6.45) is 0.615. The van der Waals surface area contributed by atoms with Crippen LogP contribution in [0.4, 0.5) is 5.69 Å². The van der Waals surface area contributed by atoms with Crippen molar-refractivity contribution in [3.05, 3.63) is 69.3 Å². The molecule has 25 heavy (non-hydrogen) atoms. The van der Waals surface area contributed by atoms with Gasteiger partial charge in [0.1, 0.15) is 11.4 Å². The van der Waals surface area contributed by atoms with Gasteiger partial charge in [-0.1, -0.05) is 18.2 Å². The maximum atomic E-state index is 12.6. The molecule has 1 aliphatic heterocycles. The number of nitro groups is 1. The minimum atomic E-state index is -0.508. The molecule has 3 rings (SSSR count). The number of aryl methyl sites for hydroxylation is 1. The van der Waals surface area contributed by atoms with Crippen molar-refractivity contribution in [2.75, 3.05) is 0 Å². The summed E-state index contributed by atoms with van der Waals surface area (Å²) >= 11 is 0. The summed E-state index contributed by atoms with van der Waals surface area (Å²) in [6.45, 7) is 5.94. The molecular formula is C19H20N2O4. The number of fused-ring (bicyclic) bond motifs is 1. The summed E-state index contributed by atoms with van der Waals surface area (Å²) < 4.78 is 6.03. The van der Waals surface area contributed by atoms with Crippen molar-refractivity contribution in [1.82, 2.24) is 5.32 Å². The van der Waals surface area contributed by atoms with Crippen molar-refractivity contribution in [2.45, 2.75) is 38.8 Å². The smallest absolute Gasteiger partial charge is 0.270 e. The lowest BCUT2D eigenvalue weighted by molar-refractivity contribution is -0.384. The van der Waals surface area contributed by atoms with E-state index in [-0.39, 0.29) is 23.2 Å². The number of nitrogens with one attached hydrogen (secondary N) is 1. The predicted molar refractivity (Wildman–Crippen MR) is 93.8 cm³/mol. The Morgan fingerprint density at radius 1 is 1.28 bits per heavy atom. The van der Waals surface area contributed by atoms with E-state index in [2.05, 4.69) is 5.32 Å². The zero-order chi connectivity index (χ0) is 18.2. The highest BCUT2D eigenvalue weighted by Gasteiger charge is 2.34. The van der Waals surface area contributed by atoms with Gasteiger partial charge in [0.15, 0.2) is 0 Å². The van der Waals surface area contributed by atoms with Gasteiger partial charge < -0.3 is 10.1 Å². The van der Waals surface area contributed by atoms with Crippen LogP contribution >= 0.6 is 0 Å². The van der Waals surface area contributed by atoms with E-state index >= 15 is 0 Å². The molecule has 0 fully saturated rings. The molecule has 1 atom stereocenters. The molecule has 0 radical (unpaired) electrons. The zero-order valence-electron chi connectivity index (χ0n) is 14.4. The van der Waals surface area contributed by atoms with Crippen molar-refractivity contribution < 1.29 is 14.5 Å². The van der Waals surface area contributed by atoms with E-state index in [0.29, 0.717) is 6.42 Å². The molecule has 6 heteroatoms. The van der Waals surface area contributed by atoms with Crippen LogP contribution in [0.3, 0.4) is 0 Å². The molecule has 0 aliphatic carbocycles. The van der Waals surface area contributed by atoms with Gasteiger partial charge in [-0.05, 0) is 38.5 Å². The van der Waals surface area contributed by atoms with Gasteiger partial charge in [-0.3, -0.25) is 14.9 Å². The van der Waals surface area contributed by atoms with Crippen molar-refractivity contribution in [3.8, 4) is 5.75 Å². The number of non-ortho nitro benzene ring substituents is 1. The monoisotopic (exact) mass is 340 g/mol. The SMILES string of the molecule is Cc1ccc2c(c1)OC(C)(C)C[C@H]2NC(=O)c1cccc([N+](=O)[O-])c1. The van der Waals surface area contributed by atoms with Gasteiger partial charge in [-0.15, -0.1) is 0 Å². The average Bonchev–Trinajstić information content (AvgIpc) is 2.53. The van der Waals surface area contributed by atoms with E-state index in [1.807, 2.05) is 39.0 Å². The van der Waals surface area contributed by atoms with Crippen molar-refractivity contribution in [3.63, 3.8) is 0 Å². The first-order valence-corrected chi connectivity index (χ1v) is 8.10. The fourth-order valence-corrected chi connectivity index (χ4v) is 3.09. The second-order valence-electron chi connectivity index (χ2n) is 6.94. The van der Waals surface area contributed by atoms with Gasteiger partial charge in [-0.25, -0.2) is 0 Å². The number of ether oxygens (including phenoxy) is 1. The number of amides is 1. The third-order valence-electron chi connectivity index (χ3n) is 4.25. The lowest BCUT2D eigenvalue weighted by Crippen LogP contribution is -2.41. The van der Waals surface area contributed by atoms with E-state index in [1.165, 1.54) is 18.2 Å². The molecule has 1 aliphatic rings.